The maximum absolute atomic E-state index is 15.0. The predicted octanol–water partition coefficient (Wildman–Crippen LogP) is 9.33. The van der Waals surface area contributed by atoms with Gasteiger partial charge in [-0.2, -0.15) is 39.2 Å². The van der Waals surface area contributed by atoms with Gasteiger partial charge in [0.15, 0.2) is 0 Å². The monoisotopic (exact) mass is 612 g/mol. The quantitative estimate of drug-likeness (QED) is 0.172. The minimum absolute atomic E-state index is 0.00727. The molecule has 0 N–H and O–H groups in total. The van der Waals surface area contributed by atoms with Crippen LogP contribution >= 0.6 is 10.3 Å². The zero-order valence-corrected chi connectivity index (χ0v) is 22.3. The van der Waals surface area contributed by atoms with Crippen molar-refractivity contribution in [2.45, 2.75) is 32.0 Å². The molecular formula is C29H19F7O3S2. The lowest BCUT2D eigenvalue weighted by Gasteiger charge is -2.42. The Morgan fingerprint density at radius 2 is 0.927 bits per heavy atom. The van der Waals surface area contributed by atoms with E-state index < -0.39 is 37.8 Å². The molecule has 0 aliphatic heterocycles. The third-order valence-electron chi connectivity index (χ3n) is 6.42. The van der Waals surface area contributed by atoms with Gasteiger partial charge in [-0.05, 0) is 56.1 Å². The molecule has 214 valence electrons. The van der Waals surface area contributed by atoms with Gasteiger partial charge in [-0.1, -0.05) is 91.0 Å². The Labute approximate surface area is 231 Å². The minimum Gasteiger partial charge on any atom is -0.202 e. The number of alkyl halides is 7. The fourth-order valence-electron chi connectivity index (χ4n) is 4.49. The van der Waals surface area contributed by atoms with Gasteiger partial charge in [-0.3, -0.25) is 0 Å². The van der Waals surface area contributed by atoms with Gasteiger partial charge in [0.05, 0.1) is 0 Å². The van der Waals surface area contributed by atoms with Crippen LogP contribution in [0.25, 0.3) is 21.5 Å². The van der Waals surface area contributed by atoms with Gasteiger partial charge in [-0.25, -0.2) is 3.63 Å². The number of fused-ring (bicyclic) bond motifs is 2. The van der Waals surface area contributed by atoms with Crippen LogP contribution in [-0.2, 0) is 13.7 Å². The first-order chi connectivity index (χ1) is 19.2. The van der Waals surface area contributed by atoms with E-state index in [1.807, 2.05) is 0 Å². The van der Waals surface area contributed by atoms with Gasteiger partial charge in [-0.15, -0.1) is 0 Å². The molecular weight excluding hydrogens is 593 g/mol. The van der Waals surface area contributed by atoms with E-state index in [1.165, 1.54) is 48.5 Å². The molecule has 0 aliphatic rings. The maximum atomic E-state index is 15.0. The van der Waals surface area contributed by atoms with E-state index in [0.717, 1.165) is 0 Å². The number of rotatable bonds is 7. The number of halogens is 7. The van der Waals surface area contributed by atoms with Crippen LogP contribution in [-0.4, -0.2) is 25.8 Å². The molecule has 0 saturated heterocycles. The van der Waals surface area contributed by atoms with E-state index in [2.05, 4.69) is 0 Å². The minimum atomic E-state index is -7.01. The normalized spacial score (nSPS) is 13.9. The molecule has 41 heavy (non-hydrogen) atoms. The smallest absolute Gasteiger partial charge is 0.202 e. The number of benzene rings is 5. The van der Waals surface area contributed by atoms with Crippen molar-refractivity contribution in [3.8, 4) is 0 Å². The van der Waals surface area contributed by atoms with E-state index in [0.29, 0.717) is 21.5 Å². The largest absolute Gasteiger partial charge is 0.461 e. The zero-order valence-electron chi connectivity index (χ0n) is 20.7. The summed E-state index contributed by atoms with van der Waals surface area (Å²) in [4.78, 5) is -0.0110. The summed E-state index contributed by atoms with van der Waals surface area (Å²) in [5.74, 6) is -6.96. The lowest BCUT2D eigenvalue weighted by atomic mass is 10.1. The average Bonchev–Trinajstić information content (AvgIpc) is 2.95. The Morgan fingerprint density at radius 1 is 0.512 bits per heavy atom. The molecule has 0 radical (unpaired) electrons. The highest BCUT2D eigenvalue weighted by Gasteiger charge is 2.80. The lowest BCUT2D eigenvalue weighted by Crippen LogP contribution is -2.56. The van der Waals surface area contributed by atoms with Gasteiger partial charge >= 0.3 is 27.5 Å². The first-order valence-electron chi connectivity index (χ1n) is 11.9. The summed E-state index contributed by atoms with van der Waals surface area (Å²) < 4.78 is 129. The zero-order chi connectivity index (χ0) is 29.7. The summed E-state index contributed by atoms with van der Waals surface area (Å²) >= 11 is 0. The van der Waals surface area contributed by atoms with Crippen molar-refractivity contribution in [3.63, 3.8) is 0 Å². The van der Waals surface area contributed by atoms with Crippen molar-refractivity contribution in [1.82, 2.24) is 0 Å². The summed E-state index contributed by atoms with van der Waals surface area (Å²) in [5, 5.41) is -5.00. The molecule has 0 aliphatic carbocycles. The van der Waals surface area contributed by atoms with Crippen LogP contribution in [0.5, 0.6) is 0 Å². The van der Waals surface area contributed by atoms with Gasteiger partial charge in [0.25, 0.3) is 0 Å². The highest BCUT2D eigenvalue weighted by molar-refractivity contribution is 8.33. The average molecular weight is 613 g/mol. The van der Waals surface area contributed by atoms with Crippen LogP contribution in [0, 0.1) is 0 Å². The second-order valence-corrected chi connectivity index (χ2v) is 13.4. The van der Waals surface area contributed by atoms with E-state index >= 15 is 8.78 Å². The first kappa shape index (κ1) is 28.9. The molecule has 0 heterocycles. The van der Waals surface area contributed by atoms with Crippen molar-refractivity contribution in [3.05, 3.63) is 115 Å². The van der Waals surface area contributed by atoms with Crippen molar-refractivity contribution < 1.29 is 42.8 Å². The van der Waals surface area contributed by atoms with Crippen LogP contribution in [0.1, 0.15) is 0 Å². The Balaban J connectivity index is 1.95. The molecule has 0 amide bonds. The van der Waals surface area contributed by atoms with Crippen LogP contribution in [0.2, 0.25) is 0 Å². The fraction of sp³-hybridized carbons (Fsp3) is 0.103. The van der Waals surface area contributed by atoms with Crippen LogP contribution in [0.4, 0.5) is 30.7 Å². The van der Waals surface area contributed by atoms with Gasteiger partial charge in [0, 0.05) is 14.7 Å². The van der Waals surface area contributed by atoms with Crippen LogP contribution in [0.3, 0.4) is 0 Å². The molecule has 12 heteroatoms. The molecule has 3 nitrogen and oxygen atoms in total. The summed E-state index contributed by atoms with van der Waals surface area (Å²) in [6.45, 7) is 0. The lowest BCUT2D eigenvalue weighted by molar-refractivity contribution is -0.333. The molecule has 0 unspecified atom stereocenters. The second kappa shape index (κ2) is 10.0. The number of hydrogen-bond acceptors (Lipinski definition) is 3. The molecule has 0 atom stereocenters. The third-order valence-corrected chi connectivity index (χ3v) is 11.7. The molecule has 0 saturated carbocycles. The van der Waals surface area contributed by atoms with Gasteiger partial charge in [0.2, 0.25) is 0 Å². The first-order valence-corrected chi connectivity index (χ1v) is 14.8. The molecule has 5 rings (SSSR count). The van der Waals surface area contributed by atoms with Crippen molar-refractivity contribution >= 4 is 42.0 Å². The predicted molar refractivity (Wildman–Crippen MR) is 143 cm³/mol. The highest BCUT2D eigenvalue weighted by Crippen LogP contribution is 2.73. The Morgan fingerprint density at radius 3 is 1.39 bits per heavy atom. The molecule has 5 aromatic rings. The molecule has 5 aromatic carbocycles. The van der Waals surface area contributed by atoms with E-state index in [9.17, 15) is 30.4 Å². The number of hydrogen-bond donors (Lipinski definition) is 0. The van der Waals surface area contributed by atoms with E-state index in [4.69, 9.17) is 3.63 Å². The van der Waals surface area contributed by atoms with Crippen LogP contribution in [0.15, 0.2) is 130 Å². The highest BCUT2D eigenvalue weighted by atomic mass is 32.3. The fourth-order valence-corrected chi connectivity index (χ4v) is 10.1. The van der Waals surface area contributed by atoms with Crippen LogP contribution < -0.4 is 0 Å². The molecule has 0 spiro atoms. The summed E-state index contributed by atoms with van der Waals surface area (Å²) in [7, 11) is -11.0. The summed E-state index contributed by atoms with van der Waals surface area (Å²) in [5.41, 5.74) is 0. The van der Waals surface area contributed by atoms with Crippen molar-refractivity contribution in [2.75, 3.05) is 0 Å². The van der Waals surface area contributed by atoms with Crippen molar-refractivity contribution in [2.24, 2.45) is 0 Å². The second-order valence-electron chi connectivity index (χ2n) is 8.93. The van der Waals surface area contributed by atoms with Gasteiger partial charge < -0.3 is 0 Å². The molecule has 0 aromatic heterocycles. The summed E-state index contributed by atoms with van der Waals surface area (Å²) in [6, 6.07) is 29.1. The standard InChI is InChI=1S/C29H19F7O3S2/c30-27(31,28(32,33)34)29(35,36)41(37,38)39-40(22-14-2-1-3-15-22,25-18-8-12-20-10-4-6-16-23(20)25)26-19-9-13-21-11-5-7-17-24(21)26/h1-19H. The summed E-state index contributed by atoms with van der Waals surface area (Å²) in [6.07, 6.45) is -6.89. The Bertz CT molecular complexity index is 1750. The topological polar surface area (TPSA) is 43.4 Å². The van der Waals surface area contributed by atoms with Crippen molar-refractivity contribution in [1.29, 1.82) is 0 Å². The SMILES string of the molecule is O=S(=O)(OS(c1ccccc1)(c1cccc2ccccc12)c1cccc2ccccc12)C(F)(F)C(F)(F)C(F)(F)F. The Hall–Kier alpha value is -3.61. The molecule has 0 bridgehead atoms. The van der Waals surface area contributed by atoms with E-state index in [-0.39, 0.29) is 14.7 Å². The Kier molecular flexibility index (Phi) is 7.07. The molecule has 0 fully saturated rings. The maximum Gasteiger partial charge on any atom is 0.461 e. The van der Waals surface area contributed by atoms with Gasteiger partial charge in [0.1, 0.15) is 0 Å². The van der Waals surface area contributed by atoms with E-state index in [1.54, 1.807) is 66.7 Å². The third kappa shape index (κ3) is 4.54.